The van der Waals surface area contributed by atoms with Crippen LogP contribution in [-0.4, -0.2) is 17.2 Å². The van der Waals surface area contributed by atoms with E-state index < -0.39 is 17.9 Å². The van der Waals surface area contributed by atoms with E-state index in [0.29, 0.717) is 6.42 Å². The summed E-state index contributed by atoms with van der Waals surface area (Å²) in [7, 11) is 0. The van der Waals surface area contributed by atoms with E-state index in [1.165, 1.54) is 25.1 Å². The van der Waals surface area contributed by atoms with Crippen LogP contribution in [0.25, 0.3) is 0 Å². The van der Waals surface area contributed by atoms with Crippen molar-refractivity contribution >= 4 is 5.78 Å². The molecule has 0 radical (unpaired) electrons. The van der Waals surface area contributed by atoms with Gasteiger partial charge in [-0.15, -0.1) is 0 Å². The molecule has 0 fully saturated rings. The molecule has 1 aromatic rings. The second kappa shape index (κ2) is 4.89. The van der Waals surface area contributed by atoms with Gasteiger partial charge < -0.3 is 9.84 Å². The van der Waals surface area contributed by atoms with Gasteiger partial charge in [-0.25, -0.2) is 4.39 Å². The van der Waals surface area contributed by atoms with Crippen molar-refractivity contribution in [3.8, 4) is 5.75 Å². The zero-order chi connectivity index (χ0) is 11.4. The molecule has 82 valence electrons. The first-order chi connectivity index (χ1) is 7.06. The molecule has 0 heterocycles. The maximum absolute atomic E-state index is 13.3. The Morgan fingerprint density at radius 3 is 2.80 bits per heavy atom. The molecular formula is C11H13FO3. The van der Waals surface area contributed by atoms with Crippen LogP contribution in [0.3, 0.4) is 0 Å². The molecule has 1 atom stereocenters. The summed E-state index contributed by atoms with van der Waals surface area (Å²) in [4.78, 5) is 11.2. The maximum Gasteiger partial charge on any atom is 0.197 e. The number of halogens is 1. The zero-order valence-corrected chi connectivity index (χ0v) is 8.66. The van der Waals surface area contributed by atoms with Gasteiger partial charge in [-0.05, 0) is 19.1 Å². The third kappa shape index (κ3) is 2.76. The quantitative estimate of drug-likeness (QED) is 0.614. The van der Waals surface area contributed by atoms with Crippen molar-refractivity contribution in [2.75, 3.05) is 0 Å². The van der Waals surface area contributed by atoms with E-state index in [1.807, 2.05) is 0 Å². The molecule has 0 bridgehead atoms. The number of hydrogen-bond donors (Lipinski definition) is 1. The highest BCUT2D eigenvalue weighted by molar-refractivity contribution is 5.97. The Morgan fingerprint density at radius 2 is 2.27 bits per heavy atom. The third-order valence-corrected chi connectivity index (χ3v) is 1.94. The normalized spacial score (nSPS) is 12.3. The highest BCUT2D eigenvalue weighted by Gasteiger charge is 2.15. The first-order valence-electron chi connectivity index (χ1n) is 4.70. The van der Waals surface area contributed by atoms with Crippen molar-refractivity contribution in [2.24, 2.45) is 0 Å². The second-order valence-corrected chi connectivity index (χ2v) is 3.15. The number of carbonyl (C=O) groups is 1. The maximum atomic E-state index is 13.3. The number of ether oxygens (including phenoxy) is 1. The van der Waals surface area contributed by atoms with Crippen LogP contribution in [0.1, 0.15) is 30.6 Å². The van der Waals surface area contributed by atoms with Gasteiger partial charge in [0, 0.05) is 6.42 Å². The van der Waals surface area contributed by atoms with Gasteiger partial charge in [-0.3, -0.25) is 4.79 Å². The summed E-state index contributed by atoms with van der Waals surface area (Å²) >= 11 is 0. The van der Waals surface area contributed by atoms with Crippen molar-refractivity contribution in [3.05, 3.63) is 29.6 Å². The summed E-state index contributed by atoms with van der Waals surface area (Å²) in [6, 6.07) is 4.07. The first-order valence-corrected chi connectivity index (χ1v) is 4.70. The van der Waals surface area contributed by atoms with Crippen LogP contribution in [0.5, 0.6) is 5.75 Å². The van der Waals surface area contributed by atoms with Gasteiger partial charge in [0.05, 0.1) is 5.56 Å². The Kier molecular flexibility index (Phi) is 3.80. The fourth-order valence-corrected chi connectivity index (χ4v) is 1.17. The highest BCUT2D eigenvalue weighted by atomic mass is 19.1. The number of aliphatic hydroxyl groups excluding tert-OH is 1. The Morgan fingerprint density at radius 1 is 1.60 bits per heavy atom. The smallest absolute Gasteiger partial charge is 0.197 e. The largest absolute Gasteiger partial charge is 0.464 e. The number of Topliss-reactive ketones (excluding diaryl/α,β-unsaturated/α-hetero) is 1. The number of carbonyl (C=O) groups excluding carboxylic acids is 1. The predicted molar refractivity (Wildman–Crippen MR) is 53.3 cm³/mol. The minimum Gasteiger partial charge on any atom is -0.464 e. The molecule has 15 heavy (non-hydrogen) atoms. The summed E-state index contributed by atoms with van der Waals surface area (Å²) in [5.41, 5.74) is -0.120. The minimum atomic E-state index is -1.02. The lowest BCUT2D eigenvalue weighted by Gasteiger charge is -2.14. The summed E-state index contributed by atoms with van der Waals surface area (Å²) in [6.07, 6.45) is -0.654. The van der Waals surface area contributed by atoms with Crippen molar-refractivity contribution in [3.63, 3.8) is 0 Å². The monoisotopic (exact) mass is 212 g/mol. The Bertz CT molecular complexity index is 363. The van der Waals surface area contributed by atoms with Crippen LogP contribution >= 0.6 is 0 Å². The molecule has 0 aromatic heterocycles. The van der Waals surface area contributed by atoms with Crippen molar-refractivity contribution in [1.29, 1.82) is 0 Å². The average molecular weight is 212 g/mol. The molecule has 0 spiro atoms. The van der Waals surface area contributed by atoms with E-state index >= 15 is 0 Å². The van der Waals surface area contributed by atoms with Crippen molar-refractivity contribution in [1.82, 2.24) is 0 Å². The van der Waals surface area contributed by atoms with E-state index in [-0.39, 0.29) is 11.3 Å². The zero-order valence-electron chi connectivity index (χ0n) is 8.66. The highest BCUT2D eigenvalue weighted by Crippen LogP contribution is 2.23. The molecule has 4 heteroatoms. The molecule has 1 N–H and O–H groups in total. The average Bonchev–Trinajstić information content (AvgIpc) is 2.17. The second-order valence-electron chi connectivity index (χ2n) is 3.15. The SMILES string of the molecule is CCC(O)Oc1cccc(F)c1C(C)=O. The van der Waals surface area contributed by atoms with E-state index in [4.69, 9.17) is 4.74 Å². The summed E-state index contributed by atoms with van der Waals surface area (Å²) < 4.78 is 18.3. The van der Waals surface area contributed by atoms with E-state index in [1.54, 1.807) is 6.92 Å². The van der Waals surface area contributed by atoms with Crippen LogP contribution in [0.2, 0.25) is 0 Å². The van der Waals surface area contributed by atoms with Gasteiger partial charge in [0.15, 0.2) is 12.1 Å². The van der Waals surface area contributed by atoms with Crippen LogP contribution in [0.15, 0.2) is 18.2 Å². The van der Waals surface area contributed by atoms with Gasteiger partial charge in [0.2, 0.25) is 0 Å². The molecular weight excluding hydrogens is 199 g/mol. The van der Waals surface area contributed by atoms with Crippen LogP contribution in [0, 0.1) is 5.82 Å². The fourth-order valence-electron chi connectivity index (χ4n) is 1.17. The van der Waals surface area contributed by atoms with Crippen LogP contribution < -0.4 is 4.74 Å². The lowest BCUT2D eigenvalue weighted by molar-refractivity contribution is -0.0196. The van der Waals surface area contributed by atoms with Crippen molar-refractivity contribution < 1.29 is 19.0 Å². The standard InChI is InChI=1S/C11H13FO3/c1-3-10(14)15-9-6-4-5-8(12)11(9)7(2)13/h4-6,10,14H,3H2,1-2H3. The Balaban J connectivity index is 3.06. The van der Waals surface area contributed by atoms with E-state index in [9.17, 15) is 14.3 Å². The van der Waals surface area contributed by atoms with Gasteiger partial charge in [0.1, 0.15) is 11.6 Å². The molecule has 0 aliphatic heterocycles. The molecule has 3 nitrogen and oxygen atoms in total. The van der Waals surface area contributed by atoms with Crippen molar-refractivity contribution in [2.45, 2.75) is 26.6 Å². The summed E-state index contributed by atoms with van der Waals surface area (Å²) in [6.45, 7) is 2.97. The molecule has 0 amide bonds. The molecule has 1 rings (SSSR count). The number of aliphatic hydroxyl groups is 1. The Labute approximate surface area is 87.5 Å². The summed E-state index contributed by atoms with van der Waals surface area (Å²) in [5, 5.41) is 9.25. The Hall–Kier alpha value is -1.42. The van der Waals surface area contributed by atoms with Gasteiger partial charge in [-0.1, -0.05) is 13.0 Å². The fraction of sp³-hybridized carbons (Fsp3) is 0.364. The molecule has 0 aliphatic carbocycles. The first kappa shape index (κ1) is 11.7. The van der Waals surface area contributed by atoms with Gasteiger partial charge >= 0.3 is 0 Å². The van der Waals surface area contributed by atoms with E-state index in [2.05, 4.69) is 0 Å². The molecule has 1 aromatic carbocycles. The number of rotatable bonds is 4. The minimum absolute atomic E-state index is 0.0804. The van der Waals surface area contributed by atoms with Gasteiger partial charge in [0.25, 0.3) is 0 Å². The van der Waals surface area contributed by atoms with Crippen LogP contribution in [-0.2, 0) is 0 Å². The lowest BCUT2D eigenvalue weighted by Crippen LogP contribution is -2.16. The van der Waals surface area contributed by atoms with E-state index in [0.717, 1.165) is 0 Å². The third-order valence-electron chi connectivity index (χ3n) is 1.94. The molecule has 1 unspecified atom stereocenters. The molecule has 0 aliphatic rings. The molecule has 0 saturated carbocycles. The predicted octanol–water partition coefficient (Wildman–Crippen LogP) is 2.14. The number of benzene rings is 1. The lowest BCUT2D eigenvalue weighted by atomic mass is 10.1. The molecule has 0 saturated heterocycles. The van der Waals surface area contributed by atoms with Gasteiger partial charge in [-0.2, -0.15) is 0 Å². The van der Waals surface area contributed by atoms with Crippen LogP contribution in [0.4, 0.5) is 4.39 Å². The topological polar surface area (TPSA) is 46.5 Å². The summed E-state index contributed by atoms with van der Waals surface area (Å²) in [5.74, 6) is -0.980. The number of ketones is 1. The number of hydrogen-bond acceptors (Lipinski definition) is 3.